The first-order valence-electron chi connectivity index (χ1n) is 6.55. The molecule has 0 aliphatic heterocycles. The Morgan fingerprint density at radius 1 is 1.00 bits per heavy atom. The lowest BCUT2D eigenvalue weighted by Crippen LogP contribution is -2.23. The summed E-state index contributed by atoms with van der Waals surface area (Å²) in [6.45, 7) is 3.02. The van der Waals surface area contributed by atoms with Crippen LogP contribution in [0, 0.1) is 0 Å². The van der Waals surface area contributed by atoms with Crippen molar-refractivity contribution in [3.05, 3.63) is 68.7 Å². The average Bonchev–Trinajstić information content (AvgIpc) is 2.43. The number of nitrogens with one attached hydrogen (secondary N) is 1. The Kier molecular flexibility index (Phi) is 5.74. The van der Waals surface area contributed by atoms with E-state index >= 15 is 0 Å². The minimum atomic E-state index is -0.0140. The van der Waals surface area contributed by atoms with Crippen molar-refractivity contribution in [3.63, 3.8) is 0 Å². The van der Waals surface area contributed by atoms with Crippen molar-refractivity contribution in [3.8, 4) is 0 Å². The molecule has 1 atom stereocenters. The summed E-state index contributed by atoms with van der Waals surface area (Å²) in [6.07, 6.45) is 1.04. The first-order chi connectivity index (χ1) is 9.61. The Hall–Kier alpha value is -0.730. The van der Waals surface area contributed by atoms with E-state index in [-0.39, 0.29) is 6.04 Å². The van der Waals surface area contributed by atoms with E-state index < -0.39 is 0 Å². The van der Waals surface area contributed by atoms with E-state index in [2.05, 4.69) is 12.2 Å². The van der Waals surface area contributed by atoms with E-state index in [0.29, 0.717) is 15.1 Å². The summed E-state index contributed by atoms with van der Waals surface area (Å²) in [5, 5.41) is 5.58. The largest absolute Gasteiger partial charge is 0.306 e. The molecule has 0 aliphatic carbocycles. The maximum absolute atomic E-state index is 6.33. The van der Waals surface area contributed by atoms with Crippen LogP contribution in [0.25, 0.3) is 0 Å². The SMILES string of the molecule is CCCNC(c1cccc(Cl)c1)c1cc(Cl)ccc1Cl. The molecule has 0 saturated heterocycles. The zero-order chi connectivity index (χ0) is 14.5. The summed E-state index contributed by atoms with van der Waals surface area (Å²) in [5.74, 6) is 0. The van der Waals surface area contributed by atoms with Gasteiger partial charge in [0.1, 0.15) is 0 Å². The Morgan fingerprint density at radius 2 is 1.75 bits per heavy atom. The van der Waals surface area contributed by atoms with Crippen molar-refractivity contribution in [2.24, 2.45) is 0 Å². The van der Waals surface area contributed by atoms with Gasteiger partial charge in [-0.25, -0.2) is 0 Å². The maximum atomic E-state index is 6.33. The second-order valence-corrected chi connectivity index (χ2v) is 5.89. The highest BCUT2D eigenvalue weighted by atomic mass is 35.5. The van der Waals surface area contributed by atoms with E-state index in [9.17, 15) is 0 Å². The fourth-order valence-electron chi connectivity index (χ4n) is 2.12. The molecule has 0 radical (unpaired) electrons. The summed E-state index contributed by atoms with van der Waals surface area (Å²) >= 11 is 18.5. The summed E-state index contributed by atoms with van der Waals surface area (Å²) < 4.78 is 0. The van der Waals surface area contributed by atoms with Crippen molar-refractivity contribution in [2.75, 3.05) is 6.54 Å². The average molecular weight is 329 g/mol. The lowest BCUT2D eigenvalue weighted by molar-refractivity contribution is 0.599. The van der Waals surface area contributed by atoms with E-state index in [0.717, 1.165) is 24.1 Å². The highest BCUT2D eigenvalue weighted by Gasteiger charge is 2.17. The molecule has 106 valence electrons. The minimum absolute atomic E-state index is 0.0140. The molecule has 0 amide bonds. The Labute approximate surface area is 134 Å². The van der Waals surface area contributed by atoms with Crippen LogP contribution < -0.4 is 5.32 Å². The van der Waals surface area contributed by atoms with Crippen LogP contribution in [0.15, 0.2) is 42.5 Å². The third kappa shape index (κ3) is 3.89. The maximum Gasteiger partial charge on any atom is 0.0592 e. The van der Waals surface area contributed by atoms with Gasteiger partial charge in [0.25, 0.3) is 0 Å². The fourth-order valence-corrected chi connectivity index (χ4v) is 2.72. The number of hydrogen-bond donors (Lipinski definition) is 1. The van der Waals surface area contributed by atoms with Gasteiger partial charge in [-0.15, -0.1) is 0 Å². The van der Waals surface area contributed by atoms with Crippen LogP contribution in [0.2, 0.25) is 15.1 Å². The van der Waals surface area contributed by atoms with Crippen LogP contribution in [0.5, 0.6) is 0 Å². The fraction of sp³-hybridized carbons (Fsp3) is 0.250. The molecule has 4 heteroatoms. The van der Waals surface area contributed by atoms with Crippen molar-refractivity contribution >= 4 is 34.8 Å². The van der Waals surface area contributed by atoms with Crippen molar-refractivity contribution in [2.45, 2.75) is 19.4 Å². The van der Waals surface area contributed by atoms with Crippen LogP contribution >= 0.6 is 34.8 Å². The van der Waals surface area contributed by atoms with E-state index in [1.165, 1.54) is 0 Å². The van der Waals surface area contributed by atoms with E-state index in [1.54, 1.807) is 6.07 Å². The molecule has 0 saturated carbocycles. The summed E-state index contributed by atoms with van der Waals surface area (Å²) in [6, 6.07) is 13.3. The van der Waals surface area contributed by atoms with Gasteiger partial charge in [0.05, 0.1) is 6.04 Å². The van der Waals surface area contributed by atoms with Crippen LogP contribution in [0.3, 0.4) is 0 Å². The molecule has 0 heterocycles. The summed E-state index contributed by atoms with van der Waals surface area (Å²) in [5.41, 5.74) is 2.05. The van der Waals surface area contributed by atoms with Gasteiger partial charge in [-0.3, -0.25) is 0 Å². The molecule has 0 aliphatic rings. The van der Waals surface area contributed by atoms with Crippen molar-refractivity contribution in [1.82, 2.24) is 5.32 Å². The van der Waals surface area contributed by atoms with Crippen LogP contribution in [-0.4, -0.2) is 6.54 Å². The van der Waals surface area contributed by atoms with Crippen LogP contribution in [-0.2, 0) is 0 Å². The molecule has 0 aromatic heterocycles. The van der Waals surface area contributed by atoms with Gasteiger partial charge in [0.15, 0.2) is 0 Å². The van der Waals surface area contributed by atoms with Gasteiger partial charge < -0.3 is 5.32 Å². The van der Waals surface area contributed by atoms with Gasteiger partial charge in [0.2, 0.25) is 0 Å². The minimum Gasteiger partial charge on any atom is -0.306 e. The summed E-state index contributed by atoms with van der Waals surface area (Å²) in [4.78, 5) is 0. The predicted molar refractivity (Wildman–Crippen MR) is 88.1 cm³/mol. The Morgan fingerprint density at radius 3 is 2.45 bits per heavy atom. The molecule has 20 heavy (non-hydrogen) atoms. The van der Waals surface area contributed by atoms with E-state index in [1.807, 2.05) is 36.4 Å². The lowest BCUT2D eigenvalue weighted by Gasteiger charge is -2.21. The van der Waals surface area contributed by atoms with Gasteiger partial charge in [0, 0.05) is 15.1 Å². The number of halogens is 3. The molecule has 0 bridgehead atoms. The monoisotopic (exact) mass is 327 g/mol. The molecular weight excluding hydrogens is 313 g/mol. The van der Waals surface area contributed by atoms with Crippen molar-refractivity contribution in [1.29, 1.82) is 0 Å². The topological polar surface area (TPSA) is 12.0 Å². The molecule has 1 N–H and O–H groups in total. The number of rotatable bonds is 5. The molecule has 2 aromatic carbocycles. The number of benzene rings is 2. The molecule has 0 fully saturated rings. The van der Waals surface area contributed by atoms with Crippen molar-refractivity contribution < 1.29 is 0 Å². The molecule has 2 aromatic rings. The first-order valence-corrected chi connectivity index (χ1v) is 7.69. The Balaban J connectivity index is 2.44. The third-order valence-electron chi connectivity index (χ3n) is 3.05. The standard InChI is InChI=1S/C16H16Cl3N/c1-2-8-20-16(11-4-3-5-12(17)9-11)14-10-13(18)6-7-15(14)19/h3-7,9-10,16,20H,2,8H2,1H3. The van der Waals surface area contributed by atoms with Gasteiger partial charge in [-0.05, 0) is 54.4 Å². The first kappa shape index (κ1) is 15.7. The molecule has 0 spiro atoms. The number of hydrogen-bond acceptors (Lipinski definition) is 1. The molecule has 2 rings (SSSR count). The highest BCUT2D eigenvalue weighted by Crippen LogP contribution is 2.31. The lowest BCUT2D eigenvalue weighted by atomic mass is 9.98. The molecule has 1 unspecified atom stereocenters. The van der Waals surface area contributed by atoms with Crippen LogP contribution in [0.4, 0.5) is 0 Å². The van der Waals surface area contributed by atoms with Crippen LogP contribution in [0.1, 0.15) is 30.5 Å². The third-order valence-corrected chi connectivity index (χ3v) is 3.86. The zero-order valence-electron chi connectivity index (χ0n) is 11.2. The highest BCUT2D eigenvalue weighted by molar-refractivity contribution is 6.33. The quantitative estimate of drug-likeness (QED) is 0.738. The predicted octanol–water partition coefficient (Wildman–Crippen LogP) is 5.74. The molecular formula is C16H16Cl3N. The Bertz CT molecular complexity index is 584. The second kappa shape index (κ2) is 7.33. The van der Waals surface area contributed by atoms with Gasteiger partial charge in [-0.2, -0.15) is 0 Å². The summed E-state index contributed by atoms with van der Waals surface area (Å²) in [7, 11) is 0. The normalized spacial score (nSPS) is 12.4. The van der Waals surface area contributed by atoms with Gasteiger partial charge >= 0.3 is 0 Å². The van der Waals surface area contributed by atoms with E-state index in [4.69, 9.17) is 34.8 Å². The second-order valence-electron chi connectivity index (χ2n) is 4.61. The molecule has 1 nitrogen and oxygen atoms in total. The zero-order valence-corrected chi connectivity index (χ0v) is 13.4. The smallest absolute Gasteiger partial charge is 0.0592 e. The van der Waals surface area contributed by atoms with Gasteiger partial charge in [-0.1, -0.05) is 53.9 Å².